The summed E-state index contributed by atoms with van der Waals surface area (Å²) in [4.78, 5) is 4.46. The second kappa shape index (κ2) is 8.88. The van der Waals surface area contributed by atoms with Gasteiger partial charge >= 0.3 is 0 Å². The zero-order valence-corrected chi connectivity index (χ0v) is 14.9. The molecule has 0 aliphatic rings. The molecule has 0 saturated carbocycles. The van der Waals surface area contributed by atoms with Crippen LogP contribution in [0.3, 0.4) is 0 Å². The number of halogens is 1. The maximum atomic E-state index is 6.21. The fourth-order valence-corrected chi connectivity index (χ4v) is 2.48. The summed E-state index contributed by atoms with van der Waals surface area (Å²) in [5.41, 5.74) is 1.72. The van der Waals surface area contributed by atoms with E-state index in [9.17, 15) is 0 Å². The third-order valence-corrected chi connectivity index (χ3v) is 3.79. The molecule has 130 valence electrons. The number of benzene rings is 3. The second-order valence-corrected chi connectivity index (χ2v) is 5.86. The van der Waals surface area contributed by atoms with E-state index in [0.717, 1.165) is 22.7 Å². The highest BCUT2D eigenvalue weighted by atomic mass is 35.5. The van der Waals surface area contributed by atoms with Gasteiger partial charge in [-0.1, -0.05) is 42.5 Å². The minimum Gasteiger partial charge on any atom is -0.488 e. The van der Waals surface area contributed by atoms with Gasteiger partial charge in [-0.05, 0) is 60.2 Å². The van der Waals surface area contributed by atoms with Gasteiger partial charge in [-0.25, -0.2) is 0 Å². The normalized spacial score (nSPS) is 10.7. The van der Waals surface area contributed by atoms with E-state index >= 15 is 0 Å². The Bertz CT molecular complexity index is 890. The molecule has 3 aromatic rings. The Morgan fingerprint density at radius 2 is 1.65 bits per heavy atom. The number of hydrogen-bond donors (Lipinski definition) is 0. The second-order valence-electron chi connectivity index (χ2n) is 5.46. The first-order valence-electron chi connectivity index (χ1n) is 8.15. The smallest absolute Gasteiger partial charge is 0.138 e. The van der Waals surface area contributed by atoms with Gasteiger partial charge in [0.1, 0.15) is 23.9 Å². The molecule has 0 heterocycles. The van der Waals surface area contributed by atoms with E-state index in [1.807, 2.05) is 72.8 Å². The molecule has 0 fully saturated rings. The van der Waals surface area contributed by atoms with Crippen molar-refractivity contribution in [1.82, 2.24) is 0 Å². The van der Waals surface area contributed by atoms with Gasteiger partial charge in [-0.2, -0.15) is 0 Å². The van der Waals surface area contributed by atoms with E-state index in [4.69, 9.17) is 21.1 Å². The maximum Gasteiger partial charge on any atom is 0.138 e. The van der Waals surface area contributed by atoms with E-state index in [1.165, 1.54) is 0 Å². The molecule has 3 nitrogen and oxygen atoms in total. The Labute approximate surface area is 158 Å². The van der Waals surface area contributed by atoms with Crippen LogP contribution in [0.15, 0.2) is 90.4 Å². The predicted octanol–water partition coefficient (Wildman–Crippen LogP) is 6.45. The highest BCUT2D eigenvalue weighted by molar-refractivity contribution is 6.32. The zero-order chi connectivity index (χ0) is 18.2. The van der Waals surface area contributed by atoms with Crippen LogP contribution >= 0.6 is 11.6 Å². The summed E-state index contributed by atoms with van der Waals surface area (Å²) in [7, 11) is 0. The number of hydrogen-bond acceptors (Lipinski definition) is 3. The molecule has 26 heavy (non-hydrogen) atoms. The molecule has 0 saturated heterocycles. The van der Waals surface area contributed by atoms with Crippen molar-refractivity contribution in [2.45, 2.75) is 0 Å². The van der Waals surface area contributed by atoms with Crippen molar-refractivity contribution in [3.05, 3.63) is 96.0 Å². The summed E-state index contributed by atoms with van der Waals surface area (Å²) in [6, 6.07) is 22.8. The Balaban J connectivity index is 1.65. The lowest BCUT2D eigenvalue weighted by Crippen LogP contribution is -1.94. The van der Waals surface area contributed by atoms with Crippen molar-refractivity contribution in [2.24, 2.45) is 4.99 Å². The number of ether oxygens (including phenoxy) is 2. The Morgan fingerprint density at radius 1 is 0.923 bits per heavy atom. The van der Waals surface area contributed by atoms with Gasteiger partial charge in [0.05, 0.1) is 10.7 Å². The van der Waals surface area contributed by atoms with E-state index in [2.05, 4.69) is 11.6 Å². The molecule has 0 amide bonds. The van der Waals surface area contributed by atoms with E-state index < -0.39 is 0 Å². The standard InChI is InChI=1S/C22H18ClNO2/c1-2-14-25-22-13-8-17(15-21(22)23)16-24-18-9-11-20(12-10-18)26-19-6-4-3-5-7-19/h2-13,15-16H,1,14H2. The Kier molecular flexibility index (Phi) is 6.07. The number of para-hydroxylation sites is 1. The average Bonchev–Trinajstić information content (AvgIpc) is 2.67. The van der Waals surface area contributed by atoms with E-state index in [0.29, 0.717) is 17.4 Å². The van der Waals surface area contributed by atoms with Gasteiger partial charge in [-0.15, -0.1) is 0 Å². The molecule has 3 aromatic carbocycles. The summed E-state index contributed by atoms with van der Waals surface area (Å²) >= 11 is 6.21. The Morgan fingerprint density at radius 3 is 2.35 bits per heavy atom. The van der Waals surface area contributed by atoms with Gasteiger partial charge in [0.2, 0.25) is 0 Å². The van der Waals surface area contributed by atoms with Crippen molar-refractivity contribution < 1.29 is 9.47 Å². The van der Waals surface area contributed by atoms with Crippen LogP contribution in [0.1, 0.15) is 5.56 Å². The van der Waals surface area contributed by atoms with Crippen LogP contribution in [0, 0.1) is 0 Å². The molecule has 0 N–H and O–H groups in total. The molecule has 0 spiro atoms. The third-order valence-electron chi connectivity index (χ3n) is 3.49. The fraction of sp³-hybridized carbons (Fsp3) is 0.0455. The van der Waals surface area contributed by atoms with Crippen LogP contribution in [0.25, 0.3) is 0 Å². The number of rotatable bonds is 7. The fourth-order valence-electron chi connectivity index (χ4n) is 2.24. The summed E-state index contributed by atoms with van der Waals surface area (Å²) in [5.74, 6) is 2.20. The van der Waals surface area contributed by atoms with Crippen LogP contribution in [0.4, 0.5) is 5.69 Å². The molecule has 4 heteroatoms. The molecular formula is C22H18ClNO2. The molecule has 0 atom stereocenters. The average molecular weight is 364 g/mol. The zero-order valence-electron chi connectivity index (χ0n) is 14.1. The van der Waals surface area contributed by atoms with Crippen LogP contribution in [0.2, 0.25) is 5.02 Å². The van der Waals surface area contributed by atoms with Crippen molar-refractivity contribution in [3.63, 3.8) is 0 Å². The molecule has 0 radical (unpaired) electrons. The lowest BCUT2D eigenvalue weighted by atomic mass is 10.2. The first-order chi connectivity index (χ1) is 12.7. The van der Waals surface area contributed by atoms with E-state index in [1.54, 1.807) is 12.3 Å². The first kappa shape index (κ1) is 17.8. The van der Waals surface area contributed by atoms with Crippen LogP contribution in [-0.2, 0) is 0 Å². The largest absolute Gasteiger partial charge is 0.488 e. The van der Waals surface area contributed by atoms with Crippen LogP contribution < -0.4 is 9.47 Å². The van der Waals surface area contributed by atoms with Crippen LogP contribution in [-0.4, -0.2) is 12.8 Å². The molecule has 0 aliphatic carbocycles. The summed E-state index contributed by atoms with van der Waals surface area (Å²) in [6.07, 6.45) is 3.44. The monoisotopic (exact) mass is 363 g/mol. The summed E-state index contributed by atoms with van der Waals surface area (Å²) in [5, 5.41) is 0.544. The topological polar surface area (TPSA) is 30.8 Å². The highest BCUT2D eigenvalue weighted by Crippen LogP contribution is 2.26. The van der Waals surface area contributed by atoms with Gasteiger partial charge in [0.15, 0.2) is 0 Å². The lowest BCUT2D eigenvalue weighted by Gasteiger charge is -2.06. The molecule has 0 bridgehead atoms. The van der Waals surface area contributed by atoms with Gasteiger partial charge in [0, 0.05) is 6.21 Å². The minimum absolute atomic E-state index is 0.421. The quantitative estimate of drug-likeness (QED) is 0.357. The minimum atomic E-state index is 0.421. The molecule has 0 unspecified atom stereocenters. The molecule has 3 rings (SSSR count). The number of nitrogens with zero attached hydrogens (tertiary/aromatic N) is 1. The lowest BCUT2D eigenvalue weighted by molar-refractivity contribution is 0.363. The number of aliphatic imine (C=N–C) groups is 1. The van der Waals surface area contributed by atoms with Crippen molar-refractivity contribution in [2.75, 3.05) is 6.61 Å². The third kappa shape index (κ3) is 4.98. The van der Waals surface area contributed by atoms with E-state index in [-0.39, 0.29) is 0 Å². The van der Waals surface area contributed by atoms with Crippen molar-refractivity contribution >= 4 is 23.5 Å². The van der Waals surface area contributed by atoms with Gasteiger partial charge in [-0.3, -0.25) is 4.99 Å². The Hall–Kier alpha value is -3.04. The molecular weight excluding hydrogens is 346 g/mol. The van der Waals surface area contributed by atoms with Crippen molar-refractivity contribution in [1.29, 1.82) is 0 Å². The SMILES string of the molecule is C=CCOc1ccc(C=Nc2ccc(Oc3ccccc3)cc2)cc1Cl. The molecule has 0 aromatic heterocycles. The summed E-state index contributed by atoms with van der Waals surface area (Å²) in [6.45, 7) is 4.04. The van der Waals surface area contributed by atoms with Gasteiger partial charge < -0.3 is 9.47 Å². The van der Waals surface area contributed by atoms with Crippen molar-refractivity contribution in [3.8, 4) is 17.2 Å². The molecule has 0 aliphatic heterocycles. The van der Waals surface area contributed by atoms with Crippen LogP contribution in [0.5, 0.6) is 17.2 Å². The predicted molar refractivity (Wildman–Crippen MR) is 107 cm³/mol. The summed E-state index contributed by atoms with van der Waals surface area (Å²) < 4.78 is 11.2. The van der Waals surface area contributed by atoms with Gasteiger partial charge in [0.25, 0.3) is 0 Å². The maximum absolute atomic E-state index is 6.21. The highest BCUT2D eigenvalue weighted by Gasteiger charge is 2.01. The first-order valence-corrected chi connectivity index (χ1v) is 8.53.